The van der Waals surface area contributed by atoms with Gasteiger partial charge in [0, 0.05) is 10.9 Å². The number of hydrogen-bond donors (Lipinski definition) is 1. The van der Waals surface area contributed by atoms with E-state index in [0.717, 1.165) is 12.1 Å². The van der Waals surface area contributed by atoms with Gasteiger partial charge in [-0.2, -0.15) is 13.2 Å². The van der Waals surface area contributed by atoms with Crippen molar-refractivity contribution >= 4 is 28.3 Å². The molecular formula is C15H17BrF3NO3. The Balaban J connectivity index is 3.08. The molecule has 1 aromatic rings. The number of alkyl halides is 3. The van der Waals surface area contributed by atoms with E-state index in [-0.39, 0.29) is 16.5 Å². The van der Waals surface area contributed by atoms with Crippen LogP contribution < -0.4 is 5.32 Å². The van der Waals surface area contributed by atoms with Gasteiger partial charge in [-0.15, -0.1) is 0 Å². The molecule has 0 fully saturated rings. The molecule has 1 N–H and O–H groups in total. The van der Waals surface area contributed by atoms with Gasteiger partial charge in [0.25, 0.3) is 0 Å². The fourth-order valence-electron chi connectivity index (χ4n) is 1.80. The summed E-state index contributed by atoms with van der Waals surface area (Å²) < 4.78 is 43.9. The average Bonchev–Trinajstić information content (AvgIpc) is 2.34. The number of benzene rings is 1. The van der Waals surface area contributed by atoms with Gasteiger partial charge in [-0.1, -0.05) is 15.9 Å². The predicted octanol–water partition coefficient (Wildman–Crippen LogP) is 4.62. The Morgan fingerprint density at radius 3 is 2.39 bits per heavy atom. The second-order valence-electron chi connectivity index (χ2n) is 5.87. The van der Waals surface area contributed by atoms with Crippen molar-refractivity contribution in [3.05, 3.63) is 33.8 Å². The van der Waals surface area contributed by atoms with Crippen LogP contribution in [0.1, 0.15) is 44.4 Å². The van der Waals surface area contributed by atoms with Crippen LogP contribution in [-0.2, 0) is 15.7 Å². The summed E-state index contributed by atoms with van der Waals surface area (Å²) in [5.41, 5.74) is -1.47. The molecule has 1 amide bonds. The number of halogens is 4. The van der Waals surface area contributed by atoms with E-state index in [9.17, 15) is 22.8 Å². The van der Waals surface area contributed by atoms with Gasteiger partial charge in [-0.3, -0.25) is 0 Å². The van der Waals surface area contributed by atoms with Crippen molar-refractivity contribution in [2.75, 3.05) is 0 Å². The molecule has 128 valence electrons. The van der Waals surface area contributed by atoms with E-state index in [1.54, 1.807) is 20.8 Å². The smallest absolute Gasteiger partial charge is 0.416 e. The molecule has 0 aliphatic heterocycles. The number of ether oxygens (including phenoxy) is 1. The maximum Gasteiger partial charge on any atom is 0.416 e. The van der Waals surface area contributed by atoms with Gasteiger partial charge in [0.2, 0.25) is 0 Å². The molecule has 0 unspecified atom stereocenters. The molecule has 1 rings (SSSR count). The summed E-state index contributed by atoms with van der Waals surface area (Å²) in [5, 5.41) is 2.42. The topological polar surface area (TPSA) is 55.4 Å². The lowest BCUT2D eigenvalue weighted by atomic mass is 10.0. The Bertz CT molecular complexity index is 582. The molecule has 1 aromatic carbocycles. The molecule has 0 aliphatic rings. The minimum atomic E-state index is -4.53. The molecule has 0 saturated heterocycles. The predicted molar refractivity (Wildman–Crippen MR) is 81.9 cm³/mol. The van der Waals surface area contributed by atoms with Crippen molar-refractivity contribution in [1.82, 2.24) is 5.32 Å². The monoisotopic (exact) mass is 395 g/mol. The van der Waals surface area contributed by atoms with Crippen LogP contribution in [0.4, 0.5) is 18.0 Å². The van der Waals surface area contributed by atoms with Gasteiger partial charge in [0.15, 0.2) is 0 Å². The normalized spacial score (nSPS) is 13.3. The molecule has 0 radical (unpaired) electrons. The van der Waals surface area contributed by atoms with Crippen molar-refractivity contribution in [3.8, 4) is 0 Å². The zero-order chi connectivity index (χ0) is 17.8. The third-order valence-electron chi connectivity index (χ3n) is 2.67. The van der Waals surface area contributed by atoms with E-state index in [1.807, 2.05) is 0 Å². The van der Waals surface area contributed by atoms with Crippen molar-refractivity contribution < 1.29 is 27.5 Å². The standard InChI is InChI=1S/C15H17BrF3NO3/c1-14(2,3)23-13(22)20-12(4-5-21)9-6-10(15(17,18)19)8-11(16)7-9/h5-8,12H,4H2,1-3H3,(H,20,22)/t12-/m1/s1. The van der Waals surface area contributed by atoms with Crippen LogP contribution in [0.15, 0.2) is 22.7 Å². The molecule has 0 spiro atoms. The Morgan fingerprint density at radius 2 is 1.91 bits per heavy atom. The molecule has 1 atom stereocenters. The van der Waals surface area contributed by atoms with Crippen LogP contribution in [0.2, 0.25) is 0 Å². The number of rotatable bonds is 4. The number of carbonyl (C=O) groups excluding carboxylic acids is 2. The Hall–Kier alpha value is -1.57. The largest absolute Gasteiger partial charge is 0.444 e. The minimum absolute atomic E-state index is 0.157. The highest BCUT2D eigenvalue weighted by molar-refractivity contribution is 9.10. The van der Waals surface area contributed by atoms with Gasteiger partial charge in [0.05, 0.1) is 11.6 Å². The quantitative estimate of drug-likeness (QED) is 0.756. The molecule has 0 saturated carbocycles. The van der Waals surface area contributed by atoms with E-state index in [2.05, 4.69) is 21.2 Å². The molecule has 0 heterocycles. The first-order valence-electron chi connectivity index (χ1n) is 6.73. The lowest BCUT2D eigenvalue weighted by Crippen LogP contribution is -2.35. The Labute approximate surface area is 140 Å². The van der Waals surface area contributed by atoms with Gasteiger partial charge < -0.3 is 14.8 Å². The Morgan fingerprint density at radius 1 is 1.30 bits per heavy atom. The van der Waals surface area contributed by atoms with Crippen molar-refractivity contribution in [3.63, 3.8) is 0 Å². The second-order valence-corrected chi connectivity index (χ2v) is 6.79. The zero-order valence-electron chi connectivity index (χ0n) is 12.8. The number of nitrogens with one attached hydrogen (secondary N) is 1. The van der Waals surface area contributed by atoms with Gasteiger partial charge in [0.1, 0.15) is 11.9 Å². The first-order chi connectivity index (χ1) is 10.4. The summed E-state index contributed by atoms with van der Waals surface area (Å²) in [4.78, 5) is 22.6. The summed E-state index contributed by atoms with van der Waals surface area (Å²) in [6.07, 6.45) is -4.99. The van der Waals surface area contributed by atoms with E-state index >= 15 is 0 Å². The number of hydrogen-bond acceptors (Lipinski definition) is 3. The fraction of sp³-hybridized carbons (Fsp3) is 0.467. The fourth-order valence-corrected chi connectivity index (χ4v) is 2.31. The van der Waals surface area contributed by atoms with Crippen LogP contribution in [0.5, 0.6) is 0 Å². The average molecular weight is 396 g/mol. The minimum Gasteiger partial charge on any atom is -0.444 e. The number of aldehydes is 1. The summed E-state index contributed by atoms with van der Waals surface area (Å²) in [7, 11) is 0. The third kappa shape index (κ3) is 6.60. The van der Waals surface area contributed by atoms with E-state index in [1.165, 1.54) is 6.07 Å². The molecule has 0 bridgehead atoms. The molecular weight excluding hydrogens is 379 g/mol. The summed E-state index contributed by atoms with van der Waals surface area (Å²) in [6.45, 7) is 4.96. The van der Waals surface area contributed by atoms with Gasteiger partial charge in [-0.05, 0) is 44.5 Å². The number of carbonyl (C=O) groups is 2. The summed E-state index contributed by atoms with van der Waals surface area (Å²) >= 11 is 3.01. The lowest BCUT2D eigenvalue weighted by Gasteiger charge is -2.23. The molecule has 0 aliphatic carbocycles. The molecule has 8 heteroatoms. The highest BCUT2D eigenvalue weighted by atomic mass is 79.9. The Kier molecular flexibility index (Phi) is 6.21. The highest BCUT2D eigenvalue weighted by Gasteiger charge is 2.32. The van der Waals surface area contributed by atoms with E-state index in [4.69, 9.17) is 4.74 Å². The lowest BCUT2D eigenvalue weighted by molar-refractivity contribution is -0.137. The van der Waals surface area contributed by atoms with Crippen LogP contribution in [-0.4, -0.2) is 18.0 Å². The summed E-state index contributed by atoms with van der Waals surface area (Å²) in [6, 6.07) is 2.33. The van der Waals surface area contributed by atoms with Crippen molar-refractivity contribution in [2.24, 2.45) is 0 Å². The third-order valence-corrected chi connectivity index (χ3v) is 3.13. The number of amides is 1. The first kappa shape index (κ1) is 19.5. The molecule has 0 aromatic heterocycles. The highest BCUT2D eigenvalue weighted by Crippen LogP contribution is 2.33. The maximum atomic E-state index is 12.9. The molecule has 4 nitrogen and oxygen atoms in total. The van der Waals surface area contributed by atoms with Crippen LogP contribution in [0, 0.1) is 0 Å². The van der Waals surface area contributed by atoms with Crippen LogP contribution >= 0.6 is 15.9 Å². The van der Waals surface area contributed by atoms with Crippen LogP contribution in [0.3, 0.4) is 0 Å². The van der Waals surface area contributed by atoms with Gasteiger partial charge >= 0.3 is 12.3 Å². The molecule has 23 heavy (non-hydrogen) atoms. The summed E-state index contributed by atoms with van der Waals surface area (Å²) in [5.74, 6) is 0. The van der Waals surface area contributed by atoms with Gasteiger partial charge in [-0.25, -0.2) is 4.79 Å². The second kappa shape index (κ2) is 7.33. The number of alkyl carbamates (subject to hydrolysis) is 1. The van der Waals surface area contributed by atoms with E-state index < -0.39 is 29.5 Å². The maximum absolute atomic E-state index is 12.9. The zero-order valence-corrected chi connectivity index (χ0v) is 14.4. The SMILES string of the molecule is CC(C)(C)OC(=O)N[C@H](CC=O)c1cc(Br)cc(C(F)(F)F)c1. The van der Waals surface area contributed by atoms with E-state index in [0.29, 0.717) is 6.29 Å². The first-order valence-corrected chi connectivity index (χ1v) is 7.52. The van der Waals surface area contributed by atoms with Crippen LogP contribution in [0.25, 0.3) is 0 Å². The van der Waals surface area contributed by atoms with Crippen molar-refractivity contribution in [2.45, 2.75) is 45.0 Å². The van der Waals surface area contributed by atoms with Crippen molar-refractivity contribution in [1.29, 1.82) is 0 Å².